The molecule has 0 aliphatic heterocycles. The second-order valence-corrected chi connectivity index (χ2v) is 6.05. The van der Waals surface area contributed by atoms with Crippen molar-refractivity contribution in [3.05, 3.63) is 35.2 Å². The lowest BCUT2D eigenvalue weighted by Gasteiger charge is -2.27. The quantitative estimate of drug-likeness (QED) is 0.440. The molecule has 8 heteroatoms. The van der Waals surface area contributed by atoms with Crippen LogP contribution in [0.3, 0.4) is 0 Å². The highest BCUT2D eigenvalue weighted by Crippen LogP contribution is 2.51. The molecule has 0 fully saturated rings. The van der Waals surface area contributed by atoms with Gasteiger partial charge >= 0.3 is 12.4 Å². The second kappa shape index (κ2) is 5.22. The van der Waals surface area contributed by atoms with Gasteiger partial charge in [-0.05, 0) is 22.4 Å². The molecule has 1 atom stereocenters. The lowest BCUT2D eigenvalue weighted by atomic mass is 9.97. The van der Waals surface area contributed by atoms with Gasteiger partial charge in [0.2, 0.25) is 0 Å². The number of benzene rings is 1. The number of hydrogen-bond donors (Lipinski definition) is 0. The van der Waals surface area contributed by atoms with E-state index in [0.717, 1.165) is 11.3 Å². The van der Waals surface area contributed by atoms with Gasteiger partial charge in [-0.2, -0.15) is 26.3 Å². The third-order valence-corrected chi connectivity index (χ3v) is 4.81. The van der Waals surface area contributed by atoms with Crippen molar-refractivity contribution in [1.29, 1.82) is 0 Å². The van der Waals surface area contributed by atoms with Crippen molar-refractivity contribution in [3.63, 3.8) is 0 Å². The molecule has 1 unspecified atom stereocenters. The van der Waals surface area contributed by atoms with E-state index in [1.807, 2.05) is 0 Å². The molecule has 2 aromatic rings. The Bertz CT molecular complexity index is 586. The van der Waals surface area contributed by atoms with Crippen LogP contribution in [0, 0.1) is 5.92 Å². The maximum atomic E-state index is 12.7. The normalized spacial score (nSPS) is 15.0. The molecule has 0 spiro atoms. The summed E-state index contributed by atoms with van der Waals surface area (Å²) in [7, 11) is 0. The molecule has 0 amide bonds. The van der Waals surface area contributed by atoms with Gasteiger partial charge in [0.05, 0.1) is 4.83 Å². The van der Waals surface area contributed by atoms with E-state index in [2.05, 4.69) is 15.9 Å². The summed E-state index contributed by atoms with van der Waals surface area (Å²) in [6, 6.07) is 6.42. The monoisotopic (exact) mass is 376 g/mol. The highest BCUT2D eigenvalue weighted by Gasteiger charge is 2.60. The van der Waals surface area contributed by atoms with E-state index in [9.17, 15) is 26.3 Å². The largest absolute Gasteiger partial charge is 0.401 e. The minimum Gasteiger partial charge on any atom is -0.170 e. The van der Waals surface area contributed by atoms with E-state index in [0.29, 0.717) is 10.1 Å². The van der Waals surface area contributed by atoms with Crippen LogP contribution < -0.4 is 0 Å². The van der Waals surface area contributed by atoms with Gasteiger partial charge in [-0.3, -0.25) is 0 Å². The van der Waals surface area contributed by atoms with Crippen LogP contribution in [-0.2, 0) is 0 Å². The molecule has 0 bridgehead atoms. The summed E-state index contributed by atoms with van der Waals surface area (Å²) >= 11 is 3.71. The van der Waals surface area contributed by atoms with Crippen LogP contribution in [0.1, 0.15) is 10.4 Å². The predicted octanol–water partition coefficient (Wildman–Crippen LogP) is 6.08. The van der Waals surface area contributed by atoms with E-state index in [1.165, 1.54) is 11.4 Å². The summed E-state index contributed by atoms with van der Waals surface area (Å²) in [5.74, 6) is -3.44. The van der Waals surface area contributed by atoms with Gasteiger partial charge in [0.1, 0.15) is 0 Å². The zero-order valence-electron chi connectivity index (χ0n) is 9.60. The first-order chi connectivity index (χ1) is 9.12. The van der Waals surface area contributed by atoms with E-state index < -0.39 is 23.1 Å². The Labute approximate surface area is 122 Å². The smallest absolute Gasteiger partial charge is 0.170 e. The Morgan fingerprint density at radius 3 is 2.05 bits per heavy atom. The van der Waals surface area contributed by atoms with E-state index in [-0.39, 0.29) is 5.56 Å². The van der Waals surface area contributed by atoms with Crippen LogP contribution in [0.15, 0.2) is 29.6 Å². The number of fused-ring (bicyclic) bond motifs is 1. The van der Waals surface area contributed by atoms with E-state index >= 15 is 0 Å². The molecule has 0 radical (unpaired) electrons. The van der Waals surface area contributed by atoms with Gasteiger partial charge in [-0.15, -0.1) is 11.3 Å². The van der Waals surface area contributed by atoms with Gasteiger partial charge < -0.3 is 0 Å². The second-order valence-electron chi connectivity index (χ2n) is 4.15. The fourth-order valence-corrected chi connectivity index (χ4v) is 4.06. The molecule has 0 nitrogen and oxygen atoms in total. The first-order valence-electron chi connectivity index (χ1n) is 5.36. The summed E-state index contributed by atoms with van der Waals surface area (Å²) in [5.41, 5.74) is 0.00486. The molecule has 0 saturated heterocycles. The summed E-state index contributed by atoms with van der Waals surface area (Å²) in [6.07, 6.45) is -10.7. The molecule has 1 aromatic heterocycles. The number of halogens is 7. The highest BCUT2D eigenvalue weighted by atomic mass is 79.9. The van der Waals surface area contributed by atoms with Crippen molar-refractivity contribution in [3.8, 4) is 0 Å². The molecule has 110 valence electrons. The Kier molecular flexibility index (Phi) is 4.07. The maximum absolute atomic E-state index is 12.7. The Morgan fingerprint density at radius 2 is 1.50 bits per heavy atom. The molecule has 0 saturated carbocycles. The number of alkyl halides is 7. The topological polar surface area (TPSA) is 0 Å². The van der Waals surface area contributed by atoms with Gasteiger partial charge in [-0.1, -0.05) is 34.1 Å². The first kappa shape index (κ1) is 15.6. The average Bonchev–Trinajstić information content (AvgIpc) is 2.68. The zero-order chi connectivity index (χ0) is 15.1. The van der Waals surface area contributed by atoms with Crippen molar-refractivity contribution < 1.29 is 26.3 Å². The van der Waals surface area contributed by atoms with E-state index in [1.54, 1.807) is 18.2 Å². The minimum atomic E-state index is -5.37. The Balaban J connectivity index is 2.50. The molecule has 0 N–H and O–H groups in total. The van der Waals surface area contributed by atoms with Crippen molar-refractivity contribution >= 4 is 37.4 Å². The van der Waals surface area contributed by atoms with Crippen molar-refractivity contribution in [2.45, 2.75) is 17.2 Å². The molecule has 0 aliphatic carbocycles. The SMILES string of the molecule is FC(F)(F)C(C(Br)c1csc2ccccc12)C(F)(F)F. The van der Waals surface area contributed by atoms with E-state index in [4.69, 9.17) is 0 Å². The van der Waals surface area contributed by atoms with Gasteiger partial charge in [0, 0.05) is 4.70 Å². The molecule has 1 aromatic carbocycles. The maximum Gasteiger partial charge on any atom is 0.401 e. The molecule has 2 rings (SSSR count). The lowest BCUT2D eigenvalue weighted by molar-refractivity contribution is -0.283. The summed E-state index contributed by atoms with van der Waals surface area (Å²) < 4.78 is 76.9. The van der Waals surface area contributed by atoms with Crippen LogP contribution in [0.5, 0.6) is 0 Å². The van der Waals surface area contributed by atoms with Crippen LogP contribution in [0.4, 0.5) is 26.3 Å². The van der Waals surface area contributed by atoms with Gasteiger partial charge in [-0.25, -0.2) is 0 Å². The van der Waals surface area contributed by atoms with Crippen molar-refractivity contribution in [2.75, 3.05) is 0 Å². The minimum absolute atomic E-state index is 0.00486. The average molecular weight is 377 g/mol. The van der Waals surface area contributed by atoms with Crippen LogP contribution in [0.2, 0.25) is 0 Å². The number of thiophene rings is 1. The summed E-state index contributed by atoms with van der Waals surface area (Å²) in [4.78, 5) is -1.86. The molecule has 20 heavy (non-hydrogen) atoms. The lowest BCUT2D eigenvalue weighted by Crippen LogP contribution is -2.39. The first-order valence-corrected chi connectivity index (χ1v) is 7.15. The summed E-state index contributed by atoms with van der Waals surface area (Å²) in [6.45, 7) is 0. The highest BCUT2D eigenvalue weighted by molar-refractivity contribution is 9.09. The van der Waals surface area contributed by atoms with Crippen LogP contribution in [-0.4, -0.2) is 12.4 Å². The van der Waals surface area contributed by atoms with Crippen LogP contribution >= 0.6 is 27.3 Å². The summed E-state index contributed by atoms with van der Waals surface area (Å²) in [5, 5.41) is 1.73. The Morgan fingerprint density at radius 1 is 0.950 bits per heavy atom. The fraction of sp³-hybridized carbons (Fsp3) is 0.333. The predicted molar refractivity (Wildman–Crippen MR) is 69.1 cm³/mol. The van der Waals surface area contributed by atoms with Crippen molar-refractivity contribution in [2.24, 2.45) is 5.92 Å². The third-order valence-electron chi connectivity index (χ3n) is 2.81. The molecule has 1 heterocycles. The number of rotatable bonds is 2. The van der Waals surface area contributed by atoms with Gasteiger partial charge in [0.15, 0.2) is 5.92 Å². The molecular weight excluding hydrogens is 370 g/mol. The Hall–Kier alpha value is -0.760. The number of hydrogen-bond acceptors (Lipinski definition) is 1. The fourth-order valence-electron chi connectivity index (χ4n) is 1.91. The zero-order valence-corrected chi connectivity index (χ0v) is 12.0. The van der Waals surface area contributed by atoms with Crippen molar-refractivity contribution in [1.82, 2.24) is 0 Å². The third kappa shape index (κ3) is 2.95. The molecule has 0 aliphatic rings. The van der Waals surface area contributed by atoms with Gasteiger partial charge in [0.25, 0.3) is 0 Å². The van der Waals surface area contributed by atoms with Crippen LogP contribution in [0.25, 0.3) is 10.1 Å². The molecular formula is C12H7BrF6S. The standard InChI is InChI=1S/C12H7BrF6S/c13-9(10(11(14,15)16)12(17,18)19)7-5-20-8-4-2-1-3-6(7)8/h1-5,9-10H.